The Morgan fingerprint density at radius 2 is 1.50 bits per heavy atom. The molecular weight excluding hydrogens is 252 g/mol. The average molecular weight is 274 g/mol. The molecule has 0 saturated carbocycles. The van der Waals surface area contributed by atoms with Gasteiger partial charge in [-0.05, 0) is 53.4 Å². The lowest BCUT2D eigenvalue weighted by Crippen LogP contribution is -1.92. The Kier molecular flexibility index (Phi) is 4.72. The first kappa shape index (κ1) is 14.5. The zero-order chi connectivity index (χ0) is 14.5. The van der Waals surface area contributed by atoms with Gasteiger partial charge in [-0.2, -0.15) is 0 Å². The molecule has 1 N–H and O–H groups in total. The number of methoxy groups -OCH3 is 2. The Bertz CT molecular complexity index is 590. The molecule has 0 aliphatic heterocycles. The van der Waals surface area contributed by atoms with Crippen LogP contribution in [0.15, 0.2) is 24.3 Å². The van der Waals surface area contributed by atoms with Crippen LogP contribution >= 0.6 is 0 Å². The normalized spacial score (nSPS) is 10.8. The van der Waals surface area contributed by atoms with Crippen LogP contribution in [0.5, 0.6) is 17.2 Å². The number of hydrogen-bond acceptors (Lipinski definition) is 3. The molecule has 0 spiro atoms. The van der Waals surface area contributed by atoms with Crippen LogP contribution in [0.1, 0.15) is 31.7 Å². The van der Waals surface area contributed by atoms with Crippen molar-refractivity contribution in [2.24, 2.45) is 0 Å². The van der Waals surface area contributed by atoms with E-state index in [9.17, 15) is 5.11 Å². The van der Waals surface area contributed by atoms with Crippen LogP contribution < -0.4 is 9.47 Å². The number of phenols is 1. The number of rotatable bonds is 6. The van der Waals surface area contributed by atoms with E-state index in [4.69, 9.17) is 9.47 Å². The molecule has 0 heterocycles. The molecule has 0 atom stereocenters. The summed E-state index contributed by atoms with van der Waals surface area (Å²) in [5.74, 6) is 1.75. The highest BCUT2D eigenvalue weighted by atomic mass is 16.5. The van der Waals surface area contributed by atoms with Gasteiger partial charge in [0.05, 0.1) is 14.2 Å². The molecule has 0 saturated heterocycles. The van der Waals surface area contributed by atoms with E-state index >= 15 is 0 Å². The molecule has 0 aliphatic rings. The molecule has 3 heteroatoms. The summed E-state index contributed by atoms with van der Waals surface area (Å²) < 4.78 is 10.6. The van der Waals surface area contributed by atoms with Crippen LogP contribution in [0.25, 0.3) is 10.8 Å². The van der Waals surface area contributed by atoms with Crippen molar-refractivity contribution < 1.29 is 14.6 Å². The zero-order valence-corrected chi connectivity index (χ0v) is 12.4. The summed E-state index contributed by atoms with van der Waals surface area (Å²) in [5, 5.41) is 12.1. The van der Waals surface area contributed by atoms with Crippen LogP contribution in [0, 0.1) is 0 Å². The van der Waals surface area contributed by atoms with Crippen molar-refractivity contribution in [3.8, 4) is 17.2 Å². The number of phenolic OH excluding ortho intramolecular Hbond substituents is 1. The predicted octanol–water partition coefficient (Wildman–Crippen LogP) is 4.30. The van der Waals surface area contributed by atoms with Crippen LogP contribution in [-0.2, 0) is 6.42 Å². The summed E-state index contributed by atoms with van der Waals surface area (Å²) in [4.78, 5) is 0. The minimum atomic E-state index is 0.362. The fraction of sp³-hybridized carbons (Fsp3) is 0.412. The van der Waals surface area contributed by atoms with E-state index < -0.39 is 0 Å². The topological polar surface area (TPSA) is 38.7 Å². The van der Waals surface area contributed by atoms with E-state index in [0.29, 0.717) is 17.2 Å². The number of fused-ring (bicyclic) bond motifs is 1. The summed E-state index contributed by atoms with van der Waals surface area (Å²) >= 11 is 0. The monoisotopic (exact) mass is 274 g/mol. The van der Waals surface area contributed by atoms with E-state index in [1.807, 2.05) is 18.2 Å². The lowest BCUT2D eigenvalue weighted by Gasteiger charge is -2.11. The van der Waals surface area contributed by atoms with E-state index in [1.54, 1.807) is 20.3 Å². The summed E-state index contributed by atoms with van der Waals surface area (Å²) in [6.07, 6.45) is 4.37. The Morgan fingerprint density at radius 1 is 0.900 bits per heavy atom. The molecule has 2 rings (SSSR count). The van der Waals surface area contributed by atoms with Crippen LogP contribution in [0.4, 0.5) is 0 Å². The van der Waals surface area contributed by atoms with Crippen molar-refractivity contribution in [2.45, 2.75) is 32.6 Å². The molecule has 2 aromatic rings. The maximum Gasteiger partial charge on any atom is 0.161 e. The van der Waals surface area contributed by atoms with Gasteiger partial charge in [0, 0.05) is 0 Å². The molecule has 0 aromatic heterocycles. The Morgan fingerprint density at radius 3 is 2.05 bits per heavy atom. The van der Waals surface area contributed by atoms with Gasteiger partial charge >= 0.3 is 0 Å². The van der Waals surface area contributed by atoms with Gasteiger partial charge < -0.3 is 14.6 Å². The van der Waals surface area contributed by atoms with Crippen LogP contribution in [0.2, 0.25) is 0 Å². The second-order valence-electron chi connectivity index (χ2n) is 4.99. The molecular formula is C17H22O3. The van der Waals surface area contributed by atoms with Crippen molar-refractivity contribution in [2.75, 3.05) is 14.2 Å². The molecule has 0 fully saturated rings. The van der Waals surface area contributed by atoms with Gasteiger partial charge in [0.1, 0.15) is 5.75 Å². The molecule has 0 radical (unpaired) electrons. The highest BCUT2D eigenvalue weighted by Crippen LogP contribution is 2.35. The number of benzene rings is 2. The number of aryl methyl sites for hydroxylation is 1. The van der Waals surface area contributed by atoms with Crippen molar-refractivity contribution in [3.05, 3.63) is 29.8 Å². The van der Waals surface area contributed by atoms with Crippen molar-refractivity contribution in [1.82, 2.24) is 0 Å². The minimum Gasteiger partial charge on any atom is -0.508 e. The molecule has 3 nitrogen and oxygen atoms in total. The smallest absolute Gasteiger partial charge is 0.161 e. The summed E-state index contributed by atoms with van der Waals surface area (Å²) in [6, 6.07) is 7.70. The van der Waals surface area contributed by atoms with Gasteiger partial charge in [-0.25, -0.2) is 0 Å². The summed E-state index contributed by atoms with van der Waals surface area (Å²) in [5.41, 5.74) is 0.998. The molecule has 2 aromatic carbocycles. The van der Waals surface area contributed by atoms with E-state index in [-0.39, 0.29) is 0 Å². The molecule has 0 amide bonds. The molecule has 0 unspecified atom stereocenters. The quantitative estimate of drug-likeness (QED) is 0.798. The first-order valence-corrected chi connectivity index (χ1v) is 7.07. The minimum absolute atomic E-state index is 0.362. The number of aromatic hydroxyl groups is 1. The van der Waals surface area contributed by atoms with Crippen LogP contribution in [-0.4, -0.2) is 19.3 Å². The van der Waals surface area contributed by atoms with Crippen molar-refractivity contribution in [1.29, 1.82) is 0 Å². The number of hydrogen-bond donors (Lipinski definition) is 1. The van der Waals surface area contributed by atoms with Crippen molar-refractivity contribution in [3.63, 3.8) is 0 Å². The third kappa shape index (κ3) is 2.98. The zero-order valence-electron chi connectivity index (χ0n) is 12.4. The fourth-order valence-electron chi connectivity index (χ4n) is 2.43. The van der Waals surface area contributed by atoms with Gasteiger partial charge in [0.2, 0.25) is 0 Å². The highest BCUT2D eigenvalue weighted by molar-refractivity contribution is 5.88. The first-order chi connectivity index (χ1) is 9.69. The van der Waals surface area contributed by atoms with Gasteiger partial charge in [0.25, 0.3) is 0 Å². The van der Waals surface area contributed by atoms with Crippen LogP contribution in [0.3, 0.4) is 0 Å². The summed E-state index contributed by atoms with van der Waals surface area (Å²) in [7, 11) is 3.24. The predicted molar refractivity (Wildman–Crippen MR) is 81.9 cm³/mol. The Balaban J connectivity index is 2.41. The van der Waals surface area contributed by atoms with Gasteiger partial charge in [-0.3, -0.25) is 0 Å². The largest absolute Gasteiger partial charge is 0.508 e. The standard InChI is InChI=1S/C17H22O3/c1-4-5-6-7-12-8-13-10-16(19-2)17(20-3)11-14(13)9-15(12)18/h8-11,18H,4-7H2,1-3H3. The maximum atomic E-state index is 10.1. The lowest BCUT2D eigenvalue weighted by atomic mass is 10.0. The highest BCUT2D eigenvalue weighted by Gasteiger charge is 2.09. The average Bonchev–Trinajstić information content (AvgIpc) is 2.46. The van der Waals surface area contributed by atoms with Gasteiger partial charge in [-0.1, -0.05) is 19.8 Å². The number of ether oxygens (including phenoxy) is 2. The fourth-order valence-corrected chi connectivity index (χ4v) is 2.43. The maximum absolute atomic E-state index is 10.1. The molecule has 20 heavy (non-hydrogen) atoms. The third-order valence-corrected chi connectivity index (χ3v) is 3.59. The van der Waals surface area contributed by atoms with E-state index in [1.165, 1.54) is 12.8 Å². The molecule has 0 aliphatic carbocycles. The third-order valence-electron chi connectivity index (χ3n) is 3.59. The second-order valence-corrected chi connectivity index (χ2v) is 4.99. The molecule has 0 bridgehead atoms. The summed E-state index contributed by atoms with van der Waals surface area (Å²) in [6.45, 7) is 2.18. The lowest BCUT2D eigenvalue weighted by molar-refractivity contribution is 0.356. The van der Waals surface area contributed by atoms with Gasteiger partial charge in [-0.15, -0.1) is 0 Å². The SMILES string of the molecule is CCCCCc1cc2cc(OC)c(OC)cc2cc1O. The number of unbranched alkanes of at least 4 members (excludes halogenated alkanes) is 2. The second kappa shape index (κ2) is 6.51. The Hall–Kier alpha value is -1.90. The molecule has 108 valence electrons. The Labute approximate surface area is 120 Å². The van der Waals surface area contributed by atoms with Crippen molar-refractivity contribution >= 4 is 10.8 Å². The van der Waals surface area contributed by atoms with Gasteiger partial charge in [0.15, 0.2) is 11.5 Å². The van der Waals surface area contributed by atoms with E-state index in [2.05, 4.69) is 6.92 Å². The van der Waals surface area contributed by atoms with E-state index in [0.717, 1.165) is 29.2 Å². The first-order valence-electron chi connectivity index (χ1n) is 7.07.